The monoisotopic (exact) mass is 249 g/mol. The molecule has 0 aliphatic carbocycles. The summed E-state index contributed by atoms with van der Waals surface area (Å²) in [6.07, 6.45) is 3.88. The molecule has 2 aromatic heterocycles. The highest BCUT2D eigenvalue weighted by molar-refractivity contribution is 5.03. The van der Waals surface area contributed by atoms with Crippen LogP contribution in [0.4, 0.5) is 0 Å². The second kappa shape index (κ2) is 6.32. The highest BCUT2D eigenvalue weighted by Crippen LogP contribution is 2.00. The normalized spacial score (nSPS) is 11.0. The van der Waals surface area contributed by atoms with Crippen LogP contribution in [0.2, 0.25) is 0 Å². The molecule has 0 aromatic carbocycles. The second-order valence-corrected chi connectivity index (χ2v) is 4.31. The van der Waals surface area contributed by atoms with Gasteiger partial charge >= 0.3 is 0 Å². The molecule has 2 N–H and O–H groups in total. The fourth-order valence-corrected chi connectivity index (χ4v) is 1.68. The van der Waals surface area contributed by atoms with Crippen LogP contribution in [0, 0.1) is 6.92 Å². The molecule has 2 heterocycles. The van der Waals surface area contributed by atoms with E-state index in [1.807, 2.05) is 37.1 Å². The van der Waals surface area contributed by atoms with Crippen molar-refractivity contribution in [3.8, 4) is 0 Å². The van der Waals surface area contributed by atoms with Crippen LogP contribution in [0.5, 0.6) is 0 Å². The van der Waals surface area contributed by atoms with Crippen LogP contribution in [0.3, 0.4) is 0 Å². The van der Waals surface area contributed by atoms with Crippen molar-refractivity contribution < 1.29 is 4.52 Å². The van der Waals surface area contributed by atoms with Gasteiger partial charge in [0, 0.05) is 44.5 Å². The standard InChI is InChI=1S/C12H19N5O/c1-10-5-12(18-16-10)8-14-4-3-13-6-11-7-15-17(2)9-11/h5,7,9,13-14H,3-4,6,8H2,1-2H3. The van der Waals surface area contributed by atoms with Gasteiger partial charge in [0.25, 0.3) is 0 Å². The van der Waals surface area contributed by atoms with Gasteiger partial charge in [-0.1, -0.05) is 5.16 Å². The van der Waals surface area contributed by atoms with E-state index in [-0.39, 0.29) is 0 Å². The quantitative estimate of drug-likeness (QED) is 0.703. The Morgan fingerprint density at radius 2 is 2.06 bits per heavy atom. The van der Waals surface area contributed by atoms with E-state index in [0.717, 1.165) is 37.6 Å². The van der Waals surface area contributed by atoms with E-state index in [9.17, 15) is 0 Å². The Labute approximate surface area is 106 Å². The van der Waals surface area contributed by atoms with Crippen LogP contribution in [0.25, 0.3) is 0 Å². The van der Waals surface area contributed by atoms with E-state index in [1.165, 1.54) is 5.56 Å². The summed E-state index contributed by atoms with van der Waals surface area (Å²) in [5, 5.41) is 14.6. The first-order valence-electron chi connectivity index (χ1n) is 6.05. The van der Waals surface area contributed by atoms with E-state index in [1.54, 1.807) is 0 Å². The van der Waals surface area contributed by atoms with Crippen molar-refractivity contribution in [1.29, 1.82) is 0 Å². The van der Waals surface area contributed by atoms with Crippen molar-refractivity contribution in [3.63, 3.8) is 0 Å². The number of nitrogens with one attached hydrogen (secondary N) is 2. The maximum atomic E-state index is 5.10. The largest absolute Gasteiger partial charge is 0.360 e. The summed E-state index contributed by atoms with van der Waals surface area (Å²) in [5.41, 5.74) is 2.12. The van der Waals surface area contributed by atoms with Crippen molar-refractivity contribution in [2.45, 2.75) is 20.0 Å². The first-order valence-corrected chi connectivity index (χ1v) is 6.05. The molecule has 18 heavy (non-hydrogen) atoms. The summed E-state index contributed by atoms with van der Waals surface area (Å²) >= 11 is 0. The number of hydrogen-bond donors (Lipinski definition) is 2. The van der Waals surface area contributed by atoms with Crippen molar-refractivity contribution in [1.82, 2.24) is 25.6 Å². The van der Waals surface area contributed by atoms with Crippen molar-refractivity contribution in [3.05, 3.63) is 35.5 Å². The number of nitrogens with zero attached hydrogens (tertiary/aromatic N) is 3. The lowest BCUT2D eigenvalue weighted by atomic mass is 10.3. The van der Waals surface area contributed by atoms with Crippen LogP contribution in [-0.2, 0) is 20.1 Å². The summed E-state index contributed by atoms with van der Waals surface area (Å²) in [5.74, 6) is 0.875. The van der Waals surface area contributed by atoms with Crippen LogP contribution in [-0.4, -0.2) is 28.0 Å². The zero-order chi connectivity index (χ0) is 12.8. The third-order valence-corrected chi connectivity index (χ3v) is 2.54. The lowest BCUT2D eigenvalue weighted by molar-refractivity contribution is 0.369. The second-order valence-electron chi connectivity index (χ2n) is 4.31. The minimum absolute atomic E-state index is 0.718. The summed E-state index contributed by atoms with van der Waals surface area (Å²) in [4.78, 5) is 0. The lowest BCUT2D eigenvalue weighted by Crippen LogP contribution is -2.26. The Kier molecular flexibility index (Phi) is 4.49. The molecule has 0 saturated heterocycles. The molecular formula is C12H19N5O. The molecule has 0 bridgehead atoms. The van der Waals surface area contributed by atoms with Gasteiger partial charge in [-0.2, -0.15) is 5.10 Å². The fraction of sp³-hybridized carbons (Fsp3) is 0.500. The number of aromatic nitrogens is 3. The molecule has 2 aromatic rings. The maximum Gasteiger partial charge on any atom is 0.150 e. The zero-order valence-electron chi connectivity index (χ0n) is 10.8. The Bertz CT molecular complexity index is 432. The number of aryl methyl sites for hydroxylation is 2. The van der Waals surface area contributed by atoms with Gasteiger partial charge in [-0.15, -0.1) is 0 Å². The summed E-state index contributed by atoms with van der Waals surface area (Å²) in [7, 11) is 1.92. The minimum Gasteiger partial charge on any atom is -0.360 e. The van der Waals surface area contributed by atoms with Crippen LogP contribution in [0.15, 0.2) is 23.0 Å². The molecule has 0 radical (unpaired) electrons. The Hall–Kier alpha value is -1.66. The van der Waals surface area contributed by atoms with Gasteiger partial charge in [-0.25, -0.2) is 0 Å². The summed E-state index contributed by atoms with van der Waals surface area (Å²) in [6, 6.07) is 1.94. The summed E-state index contributed by atoms with van der Waals surface area (Å²) < 4.78 is 6.91. The van der Waals surface area contributed by atoms with E-state index in [4.69, 9.17) is 4.52 Å². The third kappa shape index (κ3) is 3.97. The third-order valence-electron chi connectivity index (χ3n) is 2.54. The molecule has 0 unspecified atom stereocenters. The molecule has 2 rings (SSSR count). The van der Waals surface area contributed by atoms with Gasteiger partial charge in [-0.3, -0.25) is 4.68 Å². The van der Waals surface area contributed by atoms with Crippen molar-refractivity contribution in [2.24, 2.45) is 7.05 Å². The molecule has 0 aliphatic rings. The predicted octanol–water partition coefficient (Wildman–Crippen LogP) is 0.596. The Balaban J connectivity index is 1.54. The Morgan fingerprint density at radius 1 is 1.28 bits per heavy atom. The smallest absolute Gasteiger partial charge is 0.150 e. The van der Waals surface area contributed by atoms with E-state index < -0.39 is 0 Å². The molecule has 98 valence electrons. The molecular weight excluding hydrogens is 230 g/mol. The molecule has 0 aliphatic heterocycles. The minimum atomic E-state index is 0.718. The summed E-state index contributed by atoms with van der Waals surface area (Å²) in [6.45, 7) is 5.27. The highest BCUT2D eigenvalue weighted by Gasteiger charge is 1.99. The lowest BCUT2D eigenvalue weighted by Gasteiger charge is -2.03. The molecule has 6 nitrogen and oxygen atoms in total. The van der Waals surface area contributed by atoms with Crippen molar-refractivity contribution >= 4 is 0 Å². The Morgan fingerprint density at radius 3 is 2.67 bits per heavy atom. The van der Waals surface area contributed by atoms with Crippen molar-refractivity contribution in [2.75, 3.05) is 13.1 Å². The predicted molar refractivity (Wildman–Crippen MR) is 67.9 cm³/mol. The van der Waals surface area contributed by atoms with Gasteiger partial charge in [0.2, 0.25) is 0 Å². The first kappa shape index (κ1) is 12.8. The van der Waals surface area contributed by atoms with Gasteiger partial charge in [-0.05, 0) is 6.92 Å². The first-order chi connectivity index (χ1) is 8.74. The molecule has 0 amide bonds. The SMILES string of the molecule is Cc1cc(CNCCNCc2cnn(C)c2)on1. The van der Waals surface area contributed by atoms with Gasteiger partial charge in [0.1, 0.15) is 0 Å². The average Bonchev–Trinajstić information content (AvgIpc) is 2.93. The highest BCUT2D eigenvalue weighted by atomic mass is 16.5. The topological polar surface area (TPSA) is 67.9 Å². The van der Waals surface area contributed by atoms with E-state index in [0.29, 0.717) is 0 Å². The van der Waals surface area contributed by atoms with Crippen LogP contribution < -0.4 is 10.6 Å². The van der Waals surface area contributed by atoms with E-state index in [2.05, 4.69) is 20.9 Å². The molecule has 0 spiro atoms. The van der Waals surface area contributed by atoms with Gasteiger partial charge in [0.05, 0.1) is 18.4 Å². The van der Waals surface area contributed by atoms with Gasteiger partial charge in [0.15, 0.2) is 5.76 Å². The fourth-order valence-electron chi connectivity index (χ4n) is 1.68. The number of hydrogen-bond acceptors (Lipinski definition) is 5. The van der Waals surface area contributed by atoms with E-state index >= 15 is 0 Å². The number of rotatable bonds is 7. The van der Waals surface area contributed by atoms with Crippen LogP contribution in [0.1, 0.15) is 17.0 Å². The van der Waals surface area contributed by atoms with Gasteiger partial charge < -0.3 is 15.2 Å². The van der Waals surface area contributed by atoms with Crippen LogP contribution >= 0.6 is 0 Å². The maximum absolute atomic E-state index is 5.10. The molecule has 0 atom stereocenters. The molecule has 0 saturated carbocycles. The molecule has 0 fully saturated rings. The average molecular weight is 249 g/mol. The zero-order valence-corrected chi connectivity index (χ0v) is 10.8. The molecule has 6 heteroatoms.